The molecule has 0 saturated heterocycles. The molecular weight excluding hydrogens is 250 g/mol. The third kappa shape index (κ3) is 2.35. The van der Waals surface area contributed by atoms with Crippen molar-refractivity contribution >= 4 is 18.5 Å². The molecule has 7 heteroatoms. The van der Waals surface area contributed by atoms with Gasteiger partial charge in [-0.25, -0.2) is 9.67 Å². The smallest absolute Gasteiger partial charge is 0.256 e. The number of aromatic nitrogens is 4. The van der Waals surface area contributed by atoms with Crippen LogP contribution in [-0.2, 0) is 5.75 Å². The minimum Gasteiger partial charge on any atom is -0.345 e. The molecule has 0 bridgehead atoms. The Morgan fingerprint density at radius 3 is 2.78 bits per heavy atom. The number of rotatable bonds is 3. The fraction of sp³-hybridized carbons (Fsp3) is 0.273. The van der Waals surface area contributed by atoms with E-state index in [2.05, 4.69) is 27.7 Å². The van der Waals surface area contributed by atoms with Gasteiger partial charge in [0, 0.05) is 38.4 Å². The van der Waals surface area contributed by atoms with E-state index in [1.54, 1.807) is 32.7 Å². The molecule has 2 heterocycles. The molecule has 0 atom stereocenters. The maximum Gasteiger partial charge on any atom is 0.256 e. The fourth-order valence-electron chi connectivity index (χ4n) is 1.47. The van der Waals surface area contributed by atoms with E-state index < -0.39 is 0 Å². The second-order valence-corrected chi connectivity index (χ2v) is 4.17. The Balaban J connectivity index is 2.38. The van der Waals surface area contributed by atoms with Crippen LogP contribution in [0.25, 0.3) is 5.82 Å². The zero-order valence-corrected chi connectivity index (χ0v) is 11.0. The van der Waals surface area contributed by atoms with Gasteiger partial charge in [-0.3, -0.25) is 9.78 Å². The van der Waals surface area contributed by atoms with Crippen LogP contribution in [0, 0.1) is 0 Å². The second-order valence-electron chi connectivity index (χ2n) is 3.86. The molecule has 2 aromatic heterocycles. The van der Waals surface area contributed by atoms with Crippen LogP contribution in [0.2, 0.25) is 0 Å². The number of hydrogen-bond acceptors (Lipinski definition) is 5. The van der Waals surface area contributed by atoms with Gasteiger partial charge in [-0.2, -0.15) is 17.7 Å². The maximum absolute atomic E-state index is 11.8. The largest absolute Gasteiger partial charge is 0.345 e. The molecule has 0 N–H and O–H groups in total. The van der Waals surface area contributed by atoms with Crippen LogP contribution in [0.4, 0.5) is 0 Å². The number of carbonyl (C=O) groups is 1. The molecule has 1 amide bonds. The van der Waals surface area contributed by atoms with Crippen molar-refractivity contribution in [1.29, 1.82) is 0 Å². The molecule has 6 nitrogen and oxygen atoms in total. The van der Waals surface area contributed by atoms with Gasteiger partial charge in [-0.15, -0.1) is 0 Å². The van der Waals surface area contributed by atoms with Crippen molar-refractivity contribution in [2.45, 2.75) is 5.75 Å². The fourth-order valence-corrected chi connectivity index (χ4v) is 1.69. The summed E-state index contributed by atoms with van der Waals surface area (Å²) in [6, 6.07) is 0. The summed E-state index contributed by atoms with van der Waals surface area (Å²) in [7, 11) is 3.39. The molecule has 18 heavy (non-hydrogen) atoms. The summed E-state index contributed by atoms with van der Waals surface area (Å²) < 4.78 is 1.54. The van der Waals surface area contributed by atoms with Crippen LogP contribution in [0.3, 0.4) is 0 Å². The predicted octanol–water partition coefficient (Wildman–Crippen LogP) is 0.794. The van der Waals surface area contributed by atoms with Crippen LogP contribution in [0.5, 0.6) is 0 Å². The van der Waals surface area contributed by atoms with E-state index in [9.17, 15) is 4.79 Å². The first-order valence-electron chi connectivity index (χ1n) is 5.31. The summed E-state index contributed by atoms with van der Waals surface area (Å²) in [6.45, 7) is 0. The average Bonchev–Trinajstić information content (AvgIpc) is 2.87. The van der Waals surface area contributed by atoms with Gasteiger partial charge in [-0.1, -0.05) is 0 Å². The lowest BCUT2D eigenvalue weighted by atomic mass is 10.3. The van der Waals surface area contributed by atoms with Crippen LogP contribution in [0.1, 0.15) is 16.1 Å². The van der Waals surface area contributed by atoms with Gasteiger partial charge in [0.2, 0.25) is 0 Å². The molecule has 2 aromatic rings. The van der Waals surface area contributed by atoms with E-state index in [0.717, 1.165) is 0 Å². The SMILES string of the molecule is CN(C)C(=O)c1cnn(-c2nccnc2CS)c1. The lowest BCUT2D eigenvalue weighted by Gasteiger charge is -2.07. The van der Waals surface area contributed by atoms with Crippen molar-refractivity contribution in [3.05, 3.63) is 36.0 Å². The van der Waals surface area contributed by atoms with E-state index in [-0.39, 0.29) is 5.91 Å². The first-order chi connectivity index (χ1) is 8.63. The minimum absolute atomic E-state index is 0.0995. The Labute approximate surface area is 110 Å². The molecular formula is C11H13N5OS. The summed E-state index contributed by atoms with van der Waals surface area (Å²) in [4.78, 5) is 21.6. The van der Waals surface area contributed by atoms with Crippen LogP contribution in [0.15, 0.2) is 24.8 Å². The minimum atomic E-state index is -0.0995. The lowest BCUT2D eigenvalue weighted by molar-refractivity contribution is 0.0827. The predicted molar refractivity (Wildman–Crippen MR) is 69.9 cm³/mol. The molecule has 0 aliphatic heterocycles. The summed E-state index contributed by atoms with van der Waals surface area (Å²) in [5, 5.41) is 4.13. The summed E-state index contributed by atoms with van der Waals surface area (Å²) in [5.74, 6) is 0.947. The Morgan fingerprint density at radius 1 is 1.39 bits per heavy atom. The molecule has 2 rings (SSSR count). The lowest BCUT2D eigenvalue weighted by Crippen LogP contribution is -2.21. The summed E-state index contributed by atoms with van der Waals surface area (Å²) in [6.07, 6.45) is 6.33. The van der Waals surface area contributed by atoms with E-state index >= 15 is 0 Å². The molecule has 0 unspecified atom stereocenters. The first-order valence-corrected chi connectivity index (χ1v) is 5.94. The van der Waals surface area contributed by atoms with Crippen molar-refractivity contribution in [2.24, 2.45) is 0 Å². The van der Waals surface area contributed by atoms with E-state index in [4.69, 9.17) is 0 Å². The molecule has 94 valence electrons. The molecule has 0 spiro atoms. The Morgan fingerprint density at radius 2 is 2.11 bits per heavy atom. The first kappa shape index (κ1) is 12.6. The third-order valence-corrected chi connectivity index (χ3v) is 2.65. The van der Waals surface area contributed by atoms with Crippen LogP contribution in [-0.4, -0.2) is 44.7 Å². The highest BCUT2D eigenvalue weighted by atomic mass is 32.1. The Kier molecular flexibility index (Phi) is 3.61. The maximum atomic E-state index is 11.8. The van der Waals surface area contributed by atoms with E-state index in [0.29, 0.717) is 22.8 Å². The van der Waals surface area contributed by atoms with Crippen molar-refractivity contribution < 1.29 is 4.79 Å². The number of hydrogen-bond donors (Lipinski definition) is 1. The molecule has 0 aliphatic rings. The quantitative estimate of drug-likeness (QED) is 0.832. The Bertz CT molecular complexity index is 566. The zero-order chi connectivity index (χ0) is 13.1. The molecule has 0 aromatic carbocycles. The molecule has 0 saturated carbocycles. The van der Waals surface area contributed by atoms with Crippen molar-refractivity contribution in [3.8, 4) is 5.82 Å². The number of nitrogens with zero attached hydrogens (tertiary/aromatic N) is 5. The van der Waals surface area contributed by atoms with Crippen molar-refractivity contribution in [1.82, 2.24) is 24.6 Å². The Hall–Kier alpha value is -1.89. The number of carbonyl (C=O) groups excluding carboxylic acids is 1. The number of thiol groups is 1. The summed E-state index contributed by atoms with van der Waals surface area (Å²) in [5.41, 5.74) is 1.23. The summed E-state index contributed by atoms with van der Waals surface area (Å²) >= 11 is 4.19. The highest BCUT2D eigenvalue weighted by molar-refractivity contribution is 7.79. The topological polar surface area (TPSA) is 63.9 Å². The van der Waals surface area contributed by atoms with Gasteiger partial charge in [0.25, 0.3) is 5.91 Å². The van der Waals surface area contributed by atoms with Gasteiger partial charge < -0.3 is 4.90 Å². The van der Waals surface area contributed by atoms with E-state index in [1.807, 2.05) is 0 Å². The van der Waals surface area contributed by atoms with Gasteiger partial charge >= 0.3 is 0 Å². The third-order valence-electron chi connectivity index (χ3n) is 2.35. The van der Waals surface area contributed by atoms with Gasteiger partial charge in [-0.05, 0) is 0 Å². The van der Waals surface area contributed by atoms with Gasteiger partial charge in [0.15, 0.2) is 5.82 Å². The second kappa shape index (κ2) is 5.18. The van der Waals surface area contributed by atoms with Gasteiger partial charge in [0.1, 0.15) is 0 Å². The zero-order valence-electron chi connectivity index (χ0n) is 10.1. The van der Waals surface area contributed by atoms with Crippen molar-refractivity contribution in [2.75, 3.05) is 14.1 Å². The molecule has 0 radical (unpaired) electrons. The number of amides is 1. The highest BCUT2D eigenvalue weighted by Crippen LogP contribution is 2.11. The highest BCUT2D eigenvalue weighted by Gasteiger charge is 2.13. The van der Waals surface area contributed by atoms with E-state index in [1.165, 1.54) is 15.8 Å². The average molecular weight is 263 g/mol. The van der Waals surface area contributed by atoms with Gasteiger partial charge in [0.05, 0.1) is 17.5 Å². The normalized spacial score (nSPS) is 10.4. The van der Waals surface area contributed by atoms with Crippen LogP contribution >= 0.6 is 12.6 Å². The molecule has 0 fully saturated rings. The monoisotopic (exact) mass is 263 g/mol. The standard InChI is InChI=1S/C11H13N5OS/c1-15(2)11(17)8-5-14-16(6-8)10-9(7-18)12-3-4-13-10/h3-6,18H,7H2,1-2H3. The van der Waals surface area contributed by atoms with Crippen LogP contribution < -0.4 is 0 Å². The molecule has 0 aliphatic carbocycles. The van der Waals surface area contributed by atoms with Crippen molar-refractivity contribution in [3.63, 3.8) is 0 Å².